The number of fused-ring (bicyclic) bond motifs is 3. The Labute approximate surface area is 226 Å². The second-order valence-corrected chi connectivity index (χ2v) is 9.19. The molecule has 9 nitrogen and oxygen atoms in total. The number of allylic oxidation sites excluding steroid dienone is 1. The van der Waals surface area contributed by atoms with Gasteiger partial charge < -0.3 is 15.4 Å². The molecule has 1 aromatic heterocycles. The molecule has 0 spiro atoms. The van der Waals surface area contributed by atoms with Crippen LogP contribution in [0.15, 0.2) is 95.9 Å². The lowest BCUT2D eigenvalue weighted by Gasteiger charge is -2.29. The number of para-hydroxylation sites is 1. The molecule has 202 valence electrons. The topological polar surface area (TPSA) is 96.7 Å². The summed E-state index contributed by atoms with van der Waals surface area (Å²) in [5, 5.41) is 10.4. The van der Waals surface area contributed by atoms with Crippen molar-refractivity contribution in [3.05, 3.63) is 96.5 Å². The van der Waals surface area contributed by atoms with Crippen LogP contribution < -0.4 is 20.3 Å². The van der Waals surface area contributed by atoms with Gasteiger partial charge >= 0.3 is 12.4 Å². The van der Waals surface area contributed by atoms with Crippen molar-refractivity contribution in [1.82, 2.24) is 20.1 Å². The third-order valence-corrected chi connectivity index (χ3v) is 6.47. The average molecular weight is 546 g/mol. The summed E-state index contributed by atoms with van der Waals surface area (Å²) >= 11 is 0. The second-order valence-electron chi connectivity index (χ2n) is 9.19. The number of alkyl halides is 3. The van der Waals surface area contributed by atoms with E-state index in [4.69, 9.17) is 0 Å². The van der Waals surface area contributed by atoms with Crippen molar-refractivity contribution >= 4 is 23.4 Å². The third-order valence-electron chi connectivity index (χ3n) is 6.47. The predicted molar refractivity (Wildman–Crippen MR) is 143 cm³/mol. The number of carbonyl (C=O) groups excluding carboxylic acids is 1. The van der Waals surface area contributed by atoms with Gasteiger partial charge in [-0.05, 0) is 60.2 Å². The van der Waals surface area contributed by atoms with Crippen molar-refractivity contribution in [3.8, 4) is 22.8 Å². The normalized spacial score (nSPS) is 17.1. The number of ether oxygens (including phenoxy) is 1. The number of guanidine groups is 1. The number of nitrogens with zero attached hydrogens (tertiary/aromatic N) is 5. The number of nitrogens with one attached hydrogen (secondary N) is 2. The Hall–Kier alpha value is -5.13. The highest BCUT2D eigenvalue weighted by Crippen LogP contribution is 2.37. The lowest BCUT2D eigenvalue weighted by atomic mass is 9.94. The summed E-state index contributed by atoms with van der Waals surface area (Å²) in [5.41, 5.74) is 4.97. The quantitative estimate of drug-likeness (QED) is 0.335. The van der Waals surface area contributed by atoms with E-state index in [1.54, 1.807) is 24.3 Å². The molecule has 0 aliphatic carbocycles. The fourth-order valence-electron chi connectivity index (χ4n) is 4.68. The highest BCUT2D eigenvalue weighted by atomic mass is 19.4. The summed E-state index contributed by atoms with van der Waals surface area (Å²) in [6.45, 7) is 2.73. The highest BCUT2D eigenvalue weighted by molar-refractivity contribution is 6.09. The summed E-state index contributed by atoms with van der Waals surface area (Å²) in [5.74, 6) is 0.819. The van der Waals surface area contributed by atoms with Crippen molar-refractivity contribution in [2.45, 2.75) is 19.2 Å². The van der Waals surface area contributed by atoms with E-state index in [0.717, 1.165) is 11.4 Å². The predicted octanol–water partition coefficient (Wildman–Crippen LogP) is 5.83. The minimum absolute atomic E-state index is 0.273. The van der Waals surface area contributed by atoms with E-state index in [2.05, 4.69) is 49.5 Å². The van der Waals surface area contributed by atoms with Gasteiger partial charge in [-0.1, -0.05) is 31.2 Å². The van der Waals surface area contributed by atoms with Crippen LogP contribution in [0.25, 0.3) is 17.1 Å². The van der Waals surface area contributed by atoms with Gasteiger partial charge in [0, 0.05) is 22.9 Å². The molecule has 4 aromatic rings. The number of amides is 2. The van der Waals surface area contributed by atoms with Gasteiger partial charge in [-0.25, -0.2) is 14.5 Å². The molecule has 3 aromatic carbocycles. The smallest absolute Gasteiger partial charge is 0.406 e. The molecule has 2 amide bonds. The summed E-state index contributed by atoms with van der Waals surface area (Å²) < 4.78 is 42.5. The first-order valence-electron chi connectivity index (χ1n) is 12.3. The summed E-state index contributed by atoms with van der Waals surface area (Å²) in [6.07, 6.45) is -1.13. The number of hydrogen-bond donors (Lipinski definition) is 2. The zero-order valence-electron chi connectivity index (χ0n) is 21.1. The minimum atomic E-state index is -4.76. The number of anilines is 2. The second kappa shape index (κ2) is 9.88. The molecule has 1 saturated heterocycles. The van der Waals surface area contributed by atoms with Crippen LogP contribution in [0.3, 0.4) is 0 Å². The van der Waals surface area contributed by atoms with E-state index in [1.807, 2.05) is 23.1 Å². The first kappa shape index (κ1) is 25.2. The van der Waals surface area contributed by atoms with Crippen LogP contribution in [0.1, 0.15) is 18.4 Å². The molecule has 0 saturated carbocycles. The van der Waals surface area contributed by atoms with Gasteiger partial charge in [-0.15, -0.1) is 18.3 Å². The van der Waals surface area contributed by atoms with Crippen molar-refractivity contribution in [2.75, 3.05) is 16.8 Å². The molecule has 1 atom stereocenters. The maximum absolute atomic E-state index is 12.8. The molecule has 2 aliphatic heterocycles. The Morgan fingerprint density at radius 2 is 1.82 bits per heavy atom. The minimum Gasteiger partial charge on any atom is -0.406 e. The van der Waals surface area contributed by atoms with Crippen LogP contribution in [0, 0.1) is 0 Å². The number of benzene rings is 3. The first-order chi connectivity index (χ1) is 19.2. The van der Waals surface area contributed by atoms with E-state index in [0.29, 0.717) is 35.3 Å². The third kappa shape index (κ3) is 5.10. The molecule has 2 aliphatic rings. The van der Waals surface area contributed by atoms with Gasteiger partial charge in [0.05, 0.1) is 17.9 Å². The van der Waals surface area contributed by atoms with Crippen LogP contribution in [-0.2, 0) is 0 Å². The fraction of sp³-hybridized carbons (Fsp3) is 0.143. The lowest BCUT2D eigenvalue weighted by molar-refractivity contribution is -0.274. The van der Waals surface area contributed by atoms with Crippen LogP contribution in [-0.4, -0.2) is 39.7 Å². The molecule has 2 N–H and O–H groups in total. The Bertz CT molecular complexity index is 1630. The Morgan fingerprint density at radius 3 is 2.58 bits per heavy atom. The van der Waals surface area contributed by atoms with E-state index in [-0.39, 0.29) is 11.7 Å². The van der Waals surface area contributed by atoms with Crippen LogP contribution in [0.4, 0.5) is 29.3 Å². The zero-order valence-corrected chi connectivity index (χ0v) is 21.1. The molecule has 40 heavy (non-hydrogen) atoms. The van der Waals surface area contributed by atoms with Gasteiger partial charge in [0.1, 0.15) is 12.1 Å². The van der Waals surface area contributed by atoms with Gasteiger partial charge in [0.2, 0.25) is 5.96 Å². The SMILES string of the molecule is CC1C=C2CN/C(=N\C(=O)Nc3ccc(-c4ncn(-c5ccc(OC(F)(F)F)cc5)n4)cc3)N2c2ccccc21. The fourth-order valence-corrected chi connectivity index (χ4v) is 4.68. The zero-order chi connectivity index (χ0) is 27.9. The molecular formula is C28H22F3N7O2. The molecule has 12 heteroatoms. The molecule has 3 heterocycles. The number of carbonyl (C=O) groups is 1. The van der Waals surface area contributed by atoms with Crippen LogP contribution in [0.5, 0.6) is 5.75 Å². The van der Waals surface area contributed by atoms with E-state index in [1.165, 1.54) is 40.8 Å². The number of hydrogen-bond acceptors (Lipinski definition) is 4. The first-order valence-corrected chi connectivity index (χ1v) is 12.3. The lowest BCUT2D eigenvalue weighted by Crippen LogP contribution is -2.33. The van der Waals surface area contributed by atoms with Gasteiger partial charge in [-0.3, -0.25) is 4.90 Å². The van der Waals surface area contributed by atoms with Crippen LogP contribution in [0.2, 0.25) is 0 Å². The molecule has 1 fully saturated rings. The molecular weight excluding hydrogens is 523 g/mol. The summed E-state index contributed by atoms with van der Waals surface area (Å²) in [4.78, 5) is 23.3. The molecule has 0 radical (unpaired) electrons. The summed E-state index contributed by atoms with van der Waals surface area (Å²) in [6, 6.07) is 19.8. The average Bonchev–Trinajstić information content (AvgIpc) is 3.57. The van der Waals surface area contributed by atoms with Crippen molar-refractivity contribution in [3.63, 3.8) is 0 Å². The number of halogens is 3. The van der Waals surface area contributed by atoms with Crippen molar-refractivity contribution in [1.29, 1.82) is 0 Å². The van der Waals surface area contributed by atoms with Crippen LogP contribution >= 0.6 is 0 Å². The maximum Gasteiger partial charge on any atom is 0.573 e. The maximum atomic E-state index is 12.8. The largest absolute Gasteiger partial charge is 0.573 e. The van der Waals surface area contributed by atoms with E-state index < -0.39 is 12.4 Å². The van der Waals surface area contributed by atoms with Gasteiger partial charge in [0.15, 0.2) is 5.82 Å². The number of rotatable bonds is 4. The Balaban J connectivity index is 1.13. The van der Waals surface area contributed by atoms with E-state index in [9.17, 15) is 18.0 Å². The summed E-state index contributed by atoms with van der Waals surface area (Å²) in [7, 11) is 0. The van der Waals surface area contributed by atoms with Crippen molar-refractivity contribution < 1.29 is 22.7 Å². The molecule has 0 bridgehead atoms. The molecule has 6 rings (SSSR count). The van der Waals surface area contributed by atoms with Gasteiger partial charge in [-0.2, -0.15) is 4.99 Å². The van der Waals surface area contributed by atoms with Crippen molar-refractivity contribution in [2.24, 2.45) is 4.99 Å². The Kier molecular flexibility index (Phi) is 6.21. The highest BCUT2D eigenvalue weighted by Gasteiger charge is 2.32. The Morgan fingerprint density at radius 1 is 1.07 bits per heavy atom. The number of aliphatic imine (C=N–C) groups is 1. The van der Waals surface area contributed by atoms with Gasteiger partial charge in [0.25, 0.3) is 0 Å². The van der Waals surface area contributed by atoms with E-state index >= 15 is 0 Å². The molecule has 1 unspecified atom stereocenters. The number of aromatic nitrogens is 3. The monoisotopic (exact) mass is 545 g/mol. The number of urea groups is 1. The standard InChI is InChI=1S/C28H22F3N7O2/c1-17-14-21-15-32-26(38(21)24-5-3-2-4-23(17)24)35-27(39)34-19-8-6-18(7-9-19)25-33-16-37(36-25)20-10-12-22(13-11-20)40-28(29,30)31/h2-14,16-17H,15H2,1H3,(H2,32,34,35,39).